The van der Waals surface area contributed by atoms with E-state index >= 15 is 0 Å². The second-order valence-electron chi connectivity index (χ2n) is 5.87. The van der Waals surface area contributed by atoms with E-state index in [1.807, 2.05) is 13.0 Å². The number of hydrogen-bond acceptors (Lipinski definition) is 4. The maximum Gasteiger partial charge on any atom is 0.189 e. The standard InChI is InChI=1S/C15H23ClN2OS/c1-11(2)10-17-6-8-18(9-7-17)12(3)15(19)13-4-5-14(16)20-13/h4-5,11-12H,6-10H2,1-3H3. The Balaban J connectivity index is 1.88. The molecule has 1 aliphatic heterocycles. The quantitative estimate of drug-likeness (QED) is 0.780. The fraction of sp³-hybridized carbons (Fsp3) is 0.667. The summed E-state index contributed by atoms with van der Waals surface area (Å²) < 4.78 is 0.683. The van der Waals surface area contributed by atoms with E-state index in [0.717, 1.165) is 37.6 Å². The summed E-state index contributed by atoms with van der Waals surface area (Å²) in [6.07, 6.45) is 0. The summed E-state index contributed by atoms with van der Waals surface area (Å²) in [5.74, 6) is 0.896. The minimum atomic E-state index is -0.0501. The van der Waals surface area contributed by atoms with Crippen LogP contribution in [0, 0.1) is 5.92 Å². The zero-order valence-corrected chi connectivity index (χ0v) is 14.0. The van der Waals surface area contributed by atoms with Crippen LogP contribution in [-0.2, 0) is 0 Å². The van der Waals surface area contributed by atoms with Crippen molar-refractivity contribution >= 4 is 28.7 Å². The molecule has 0 amide bonds. The van der Waals surface area contributed by atoms with Crippen molar-refractivity contribution in [3.8, 4) is 0 Å². The van der Waals surface area contributed by atoms with Crippen molar-refractivity contribution in [1.29, 1.82) is 0 Å². The van der Waals surface area contributed by atoms with E-state index in [1.54, 1.807) is 6.07 Å². The van der Waals surface area contributed by atoms with Gasteiger partial charge in [-0.2, -0.15) is 0 Å². The zero-order chi connectivity index (χ0) is 14.7. The first-order chi connectivity index (χ1) is 9.47. The van der Waals surface area contributed by atoms with Crippen molar-refractivity contribution in [3.63, 3.8) is 0 Å². The number of carbonyl (C=O) groups excluding carboxylic acids is 1. The second kappa shape index (κ2) is 7.03. The fourth-order valence-corrected chi connectivity index (χ4v) is 3.73. The highest BCUT2D eigenvalue weighted by Crippen LogP contribution is 2.24. The Bertz CT molecular complexity index is 452. The third kappa shape index (κ3) is 4.04. The maximum atomic E-state index is 12.4. The van der Waals surface area contributed by atoms with Crippen LogP contribution in [-0.4, -0.2) is 54.3 Å². The molecule has 0 aliphatic carbocycles. The van der Waals surface area contributed by atoms with Gasteiger partial charge in [0.1, 0.15) is 0 Å². The minimum absolute atomic E-state index is 0.0501. The van der Waals surface area contributed by atoms with Crippen molar-refractivity contribution in [2.45, 2.75) is 26.8 Å². The molecule has 0 aromatic carbocycles. The average molecular weight is 315 g/mol. The number of nitrogens with zero attached hydrogens (tertiary/aromatic N) is 2. The number of halogens is 1. The summed E-state index contributed by atoms with van der Waals surface area (Å²) in [5.41, 5.74) is 0. The molecule has 1 aliphatic rings. The molecule has 2 heterocycles. The second-order valence-corrected chi connectivity index (χ2v) is 7.59. The molecular weight excluding hydrogens is 292 g/mol. The highest BCUT2D eigenvalue weighted by Gasteiger charge is 2.27. The Morgan fingerprint density at radius 1 is 1.25 bits per heavy atom. The molecule has 1 aromatic rings. The third-order valence-electron chi connectivity index (χ3n) is 3.77. The normalized spacial score (nSPS) is 19.4. The maximum absolute atomic E-state index is 12.4. The molecule has 2 rings (SSSR count). The Morgan fingerprint density at radius 2 is 1.90 bits per heavy atom. The molecule has 0 N–H and O–H groups in total. The van der Waals surface area contributed by atoms with Crippen molar-refractivity contribution in [3.05, 3.63) is 21.3 Å². The zero-order valence-electron chi connectivity index (χ0n) is 12.4. The van der Waals surface area contributed by atoms with E-state index in [4.69, 9.17) is 11.6 Å². The molecule has 5 heteroatoms. The molecule has 1 fully saturated rings. The lowest BCUT2D eigenvalue weighted by Crippen LogP contribution is -2.52. The van der Waals surface area contributed by atoms with Crippen molar-refractivity contribution in [1.82, 2.24) is 9.80 Å². The van der Waals surface area contributed by atoms with Gasteiger partial charge in [0.15, 0.2) is 5.78 Å². The lowest BCUT2D eigenvalue weighted by molar-refractivity contribution is 0.0683. The summed E-state index contributed by atoms with van der Waals surface area (Å²) in [7, 11) is 0. The summed E-state index contributed by atoms with van der Waals surface area (Å²) in [6, 6.07) is 3.58. The molecule has 3 nitrogen and oxygen atoms in total. The van der Waals surface area contributed by atoms with E-state index in [2.05, 4.69) is 23.6 Å². The van der Waals surface area contributed by atoms with Gasteiger partial charge in [0, 0.05) is 32.7 Å². The first kappa shape index (κ1) is 16.0. The molecule has 1 atom stereocenters. The van der Waals surface area contributed by atoms with Gasteiger partial charge in [-0.05, 0) is 25.0 Å². The SMILES string of the molecule is CC(C)CN1CCN(C(C)C(=O)c2ccc(Cl)s2)CC1. The van der Waals surface area contributed by atoms with E-state index in [9.17, 15) is 4.79 Å². The number of Topliss-reactive ketones (excluding diaryl/α,β-unsaturated/α-hetero) is 1. The number of rotatable bonds is 5. The van der Waals surface area contributed by atoms with E-state index in [0.29, 0.717) is 10.3 Å². The van der Waals surface area contributed by atoms with E-state index < -0.39 is 0 Å². The highest BCUT2D eigenvalue weighted by atomic mass is 35.5. The predicted molar refractivity (Wildman–Crippen MR) is 86.0 cm³/mol. The number of ketones is 1. The van der Waals surface area contributed by atoms with Crippen LogP contribution in [0.3, 0.4) is 0 Å². The molecule has 0 spiro atoms. The van der Waals surface area contributed by atoms with Gasteiger partial charge in [0.25, 0.3) is 0 Å². The summed E-state index contributed by atoms with van der Waals surface area (Å²) >= 11 is 7.28. The van der Waals surface area contributed by atoms with Crippen LogP contribution in [0.2, 0.25) is 4.34 Å². The van der Waals surface area contributed by atoms with Crippen LogP contribution in [0.1, 0.15) is 30.4 Å². The Hall–Kier alpha value is -0.420. The largest absolute Gasteiger partial charge is 0.301 e. The summed E-state index contributed by atoms with van der Waals surface area (Å²) in [5, 5.41) is 0. The van der Waals surface area contributed by atoms with Crippen LogP contribution in [0.25, 0.3) is 0 Å². The first-order valence-corrected chi connectivity index (χ1v) is 8.42. The molecule has 0 bridgehead atoms. The monoisotopic (exact) mass is 314 g/mol. The molecule has 1 unspecified atom stereocenters. The lowest BCUT2D eigenvalue weighted by Gasteiger charge is -2.38. The smallest absolute Gasteiger partial charge is 0.189 e. The highest BCUT2D eigenvalue weighted by molar-refractivity contribution is 7.18. The average Bonchev–Trinajstić information content (AvgIpc) is 2.84. The van der Waals surface area contributed by atoms with Crippen LogP contribution in [0.15, 0.2) is 12.1 Å². The topological polar surface area (TPSA) is 23.6 Å². The summed E-state index contributed by atoms with van der Waals surface area (Å²) in [4.78, 5) is 18.0. The van der Waals surface area contributed by atoms with Crippen LogP contribution >= 0.6 is 22.9 Å². The van der Waals surface area contributed by atoms with Gasteiger partial charge < -0.3 is 4.90 Å². The Morgan fingerprint density at radius 3 is 2.40 bits per heavy atom. The van der Waals surface area contributed by atoms with Crippen molar-refractivity contribution in [2.24, 2.45) is 5.92 Å². The number of thiophene rings is 1. The molecule has 20 heavy (non-hydrogen) atoms. The van der Waals surface area contributed by atoms with Gasteiger partial charge in [0.2, 0.25) is 0 Å². The molecular formula is C15H23ClN2OS. The fourth-order valence-electron chi connectivity index (χ4n) is 2.67. The van der Waals surface area contributed by atoms with E-state index in [1.165, 1.54) is 11.3 Å². The van der Waals surface area contributed by atoms with Gasteiger partial charge in [-0.3, -0.25) is 9.69 Å². The Labute approximate surface area is 130 Å². The third-order valence-corrected chi connectivity index (χ3v) is 5.02. The molecule has 1 saturated heterocycles. The van der Waals surface area contributed by atoms with Gasteiger partial charge in [-0.1, -0.05) is 25.4 Å². The molecule has 0 radical (unpaired) electrons. The lowest BCUT2D eigenvalue weighted by atomic mass is 10.1. The Kier molecular flexibility index (Phi) is 5.61. The van der Waals surface area contributed by atoms with Gasteiger partial charge in [-0.15, -0.1) is 11.3 Å². The predicted octanol–water partition coefficient (Wildman–Crippen LogP) is 3.25. The molecule has 0 saturated carbocycles. The summed E-state index contributed by atoms with van der Waals surface area (Å²) in [6.45, 7) is 11.7. The van der Waals surface area contributed by atoms with Crippen molar-refractivity contribution < 1.29 is 4.79 Å². The van der Waals surface area contributed by atoms with Gasteiger partial charge >= 0.3 is 0 Å². The van der Waals surface area contributed by atoms with Crippen LogP contribution in [0.5, 0.6) is 0 Å². The number of carbonyl (C=O) groups is 1. The number of piperazine rings is 1. The molecule has 1 aromatic heterocycles. The van der Waals surface area contributed by atoms with Crippen LogP contribution in [0.4, 0.5) is 0 Å². The van der Waals surface area contributed by atoms with Crippen LogP contribution < -0.4 is 0 Å². The minimum Gasteiger partial charge on any atom is -0.301 e. The van der Waals surface area contributed by atoms with E-state index in [-0.39, 0.29) is 11.8 Å². The molecule has 112 valence electrons. The van der Waals surface area contributed by atoms with Crippen molar-refractivity contribution in [2.75, 3.05) is 32.7 Å². The van der Waals surface area contributed by atoms with Gasteiger partial charge in [-0.25, -0.2) is 0 Å². The van der Waals surface area contributed by atoms with Gasteiger partial charge in [0.05, 0.1) is 15.3 Å². The number of hydrogen-bond donors (Lipinski definition) is 0. The first-order valence-electron chi connectivity index (χ1n) is 7.23.